The van der Waals surface area contributed by atoms with Gasteiger partial charge in [0.1, 0.15) is 6.29 Å². The molecule has 0 bridgehead atoms. The molecule has 0 heterocycles. The highest BCUT2D eigenvalue weighted by Gasteiger charge is 1.79. The minimum atomic E-state index is 0.771. The lowest BCUT2D eigenvalue weighted by atomic mass is 10.2. The molecule has 0 spiro atoms. The van der Waals surface area contributed by atoms with Crippen LogP contribution in [0, 0.1) is 0 Å². The molecule has 0 aromatic heterocycles. The summed E-state index contributed by atoms with van der Waals surface area (Å²) in [5, 5.41) is 0. The first kappa shape index (κ1) is 10.6. The van der Waals surface area contributed by atoms with E-state index >= 15 is 0 Å². The van der Waals surface area contributed by atoms with Crippen LogP contribution in [0.25, 0.3) is 6.08 Å². The summed E-state index contributed by atoms with van der Waals surface area (Å²) in [6.07, 6.45) is 4.02. The smallest absolute Gasteiger partial charge is 0.142 e. The van der Waals surface area contributed by atoms with Crippen molar-refractivity contribution >= 4 is 12.4 Å². The average Bonchev–Trinajstić information content (AvgIpc) is 2.19. The van der Waals surface area contributed by atoms with E-state index in [2.05, 4.69) is 0 Å². The van der Waals surface area contributed by atoms with E-state index in [0.717, 1.165) is 11.8 Å². The molecule has 0 atom stereocenters. The standard InChI is InChI=1S/C9H8O.C2H6/c10-8-4-7-9-5-2-1-3-6-9;1-2/h1-8H;1-2H3/b7-4+;. The van der Waals surface area contributed by atoms with Crippen LogP contribution in [0.4, 0.5) is 0 Å². The summed E-state index contributed by atoms with van der Waals surface area (Å²) < 4.78 is 0. The maximum Gasteiger partial charge on any atom is 0.142 e. The highest BCUT2D eigenvalue weighted by molar-refractivity contribution is 5.73. The predicted molar refractivity (Wildman–Crippen MR) is 52.9 cm³/mol. The van der Waals surface area contributed by atoms with Gasteiger partial charge in [-0.3, -0.25) is 4.79 Å². The molecule has 1 rings (SSSR count). The molecule has 0 fully saturated rings. The molecule has 0 unspecified atom stereocenters. The Kier molecular flexibility index (Phi) is 6.85. The van der Waals surface area contributed by atoms with Crippen molar-refractivity contribution in [1.82, 2.24) is 0 Å². The van der Waals surface area contributed by atoms with Crippen molar-refractivity contribution in [2.75, 3.05) is 0 Å². The highest BCUT2D eigenvalue weighted by atomic mass is 16.1. The topological polar surface area (TPSA) is 17.1 Å². The Morgan fingerprint density at radius 2 is 1.67 bits per heavy atom. The van der Waals surface area contributed by atoms with Crippen molar-refractivity contribution < 1.29 is 4.79 Å². The van der Waals surface area contributed by atoms with Crippen LogP contribution in [-0.2, 0) is 4.79 Å². The zero-order valence-corrected chi connectivity index (χ0v) is 7.53. The molecule has 64 valence electrons. The molecule has 12 heavy (non-hydrogen) atoms. The van der Waals surface area contributed by atoms with Crippen LogP contribution in [0.5, 0.6) is 0 Å². The SMILES string of the molecule is CC.O=C/C=C/c1ccccc1. The second-order valence-corrected chi connectivity index (χ2v) is 1.91. The molecule has 0 radical (unpaired) electrons. The molecule has 0 aliphatic carbocycles. The summed E-state index contributed by atoms with van der Waals surface area (Å²) in [5.41, 5.74) is 1.05. The molecular weight excluding hydrogens is 148 g/mol. The fourth-order valence-corrected chi connectivity index (χ4v) is 0.715. The van der Waals surface area contributed by atoms with Gasteiger partial charge in [0.2, 0.25) is 0 Å². The molecule has 0 aliphatic rings. The Morgan fingerprint density at radius 3 is 2.17 bits per heavy atom. The number of benzene rings is 1. The van der Waals surface area contributed by atoms with Crippen molar-refractivity contribution in [1.29, 1.82) is 0 Å². The van der Waals surface area contributed by atoms with E-state index in [0.29, 0.717) is 0 Å². The lowest BCUT2D eigenvalue weighted by molar-refractivity contribution is -0.104. The lowest BCUT2D eigenvalue weighted by Crippen LogP contribution is -1.67. The number of carbonyl (C=O) groups excluding carboxylic acids is 1. The monoisotopic (exact) mass is 162 g/mol. The molecule has 0 aliphatic heterocycles. The summed E-state index contributed by atoms with van der Waals surface area (Å²) in [4.78, 5) is 9.89. The quantitative estimate of drug-likeness (QED) is 0.482. The first-order valence-corrected chi connectivity index (χ1v) is 4.10. The van der Waals surface area contributed by atoms with E-state index in [-0.39, 0.29) is 0 Å². The molecule has 1 heteroatoms. The summed E-state index contributed by atoms with van der Waals surface area (Å²) in [7, 11) is 0. The number of aldehydes is 1. The Hall–Kier alpha value is -1.37. The van der Waals surface area contributed by atoms with Crippen LogP contribution >= 0.6 is 0 Å². The summed E-state index contributed by atoms with van der Waals surface area (Å²) >= 11 is 0. The predicted octanol–water partition coefficient (Wildman–Crippen LogP) is 2.92. The zero-order chi connectivity index (χ0) is 9.23. The number of hydrogen-bond donors (Lipinski definition) is 0. The van der Waals surface area contributed by atoms with Crippen molar-refractivity contribution in [3.05, 3.63) is 42.0 Å². The highest BCUT2D eigenvalue weighted by Crippen LogP contribution is 1.99. The van der Waals surface area contributed by atoms with Gasteiger partial charge in [0.15, 0.2) is 0 Å². The number of rotatable bonds is 2. The van der Waals surface area contributed by atoms with Crippen LogP contribution in [0.15, 0.2) is 36.4 Å². The van der Waals surface area contributed by atoms with Crippen LogP contribution in [0.1, 0.15) is 19.4 Å². The van der Waals surface area contributed by atoms with E-state index in [4.69, 9.17) is 0 Å². The first-order chi connectivity index (χ1) is 5.93. The van der Waals surface area contributed by atoms with Gasteiger partial charge in [-0.05, 0) is 11.6 Å². The van der Waals surface area contributed by atoms with E-state index in [1.54, 1.807) is 6.08 Å². The van der Waals surface area contributed by atoms with Crippen molar-refractivity contribution in [3.63, 3.8) is 0 Å². The normalized spacial score (nSPS) is 8.83. The molecule has 0 saturated carbocycles. The van der Waals surface area contributed by atoms with Gasteiger partial charge >= 0.3 is 0 Å². The fraction of sp³-hybridized carbons (Fsp3) is 0.182. The van der Waals surface area contributed by atoms with Gasteiger partial charge in [-0.25, -0.2) is 0 Å². The summed E-state index contributed by atoms with van der Waals surface area (Å²) in [6.45, 7) is 4.00. The number of carbonyl (C=O) groups is 1. The van der Waals surface area contributed by atoms with E-state index in [9.17, 15) is 4.79 Å². The van der Waals surface area contributed by atoms with Crippen molar-refractivity contribution in [3.8, 4) is 0 Å². The Balaban J connectivity index is 0.000000561. The number of hydrogen-bond acceptors (Lipinski definition) is 1. The maximum atomic E-state index is 9.89. The second-order valence-electron chi connectivity index (χ2n) is 1.91. The zero-order valence-electron chi connectivity index (χ0n) is 7.53. The van der Waals surface area contributed by atoms with Gasteiger partial charge in [-0.2, -0.15) is 0 Å². The molecule has 0 amide bonds. The van der Waals surface area contributed by atoms with Crippen LogP contribution in [-0.4, -0.2) is 6.29 Å². The second kappa shape index (κ2) is 7.73. The minimum Gasteiger partial charge on any atom is -0.299 e. The van der Waals surface area contributed by atoms with Crippen molar-refractivity contribution in [2.45, 2.75) is 13.8 Å². The van der Waals surface area contributed by atoms with Gasteiger partial charge in [0.05, 0.1) is 0 Å². The van der Waals surface area contributed by atoms with Crippen LogP contribution < -0.4 is 0 Å². The van der Waals surface area contributed by atoms with Gasteiger partial charge in [-0.15, -0.1) is 0 Å². The minimum absolute atomic E-state index is 0.771. The maximum absolute atomic E-state index is 9.89. The summed E-state index contributed by atoms with van der Waals surface area (Å²) in [6, 6.07) is 9.70. The lowest BCUT2D eigenvalue weighted by Gasteiger charge is -1.86. The van der Waals surface area contributed by atoms with Crippen molar-refractivity contribution in [2.24, 2.45) is 0 Å². The third-order valence-corrected chi connectivity index (χ3v) is 1.17. The third-order valence-electron chi connectivity index (χ3n) is 1.17. The number of allylic oxidation sites excluding steroid dienone is 1. The Morgan fingerprint density at radius 1 is 1.08 bits per heavy atom. The third kappa shape index (κ3) is 4.45. The largest absolute Gasteiger partial charge is 0.299 e. The molecule has 0 N–H and O–H groups in total. The molecule has 1 aromatic carbocycles. The van der Waals surface area contributed by atoms with Crippen LogP contribution in [0.3, 0.4) is 0 Å². The average molecular weight is 162 g/mol. The van der Waals surface area contributed by atoms with Gasteiger partial charge < -0.3 is 0 Å². The van der Waals surface area contributed by atoms with E-state index in [1.165, 1.54) is 6.08 Å². The fourth-order valence-electron chi connectivity index (χ4n) is 0.715. The molecule has 0 saturated heterocycles. The Bertz CT molecular complexity index is 224. The van der Waals surface area contributed by atoms with E-state index < -0.39 is 0 Å². The first-order valence-electron chi connectivity index (χ1n) is 4.10. The molecule has 1 aromatic rings. The van der Waals surface area contributed by atoms with Gasteiger partial charge in [0, 0.05) is 0 Å². The van der Waals surface area contributed by atoms with Gasteiger partial charge in [0.25, 0.3) is 0 Å². The Labute approximate surface area is 73.7 Å². The van der Waals surface area contributed by atoms with Gasteiger partial charge in [-0.1, -0.05) is 50.3 Å². The van der Waals surface area contributed by atoms with E-state index in [1.807, 2.05) is 44.2 Å². The molecule has 1 nitrogen and oxygen atoms in total. The summed E-state index contributed by atoms with van der Waals surface area (Å²) in [5.74, 6) is 0. The van der Waals surface area contributed by atoms with Crippen LogP contribution in [0.2, 0.25) is 0 Å². The molecular formula is C11H14O.